The average Bonchev–Trinajstić information content (AvgIpc) is 2.18. The standard InChI is InChI=1S/C12H16BrCl/c1-3-12(2,9-14)8-10-5-4-6-11(13)7-10/h4-7H,3,8-9H2,1-2H3. The Morgan fingerprint density at radius 3 is 2.64 bits per heavy atom. The molecule has 0 saturated heterocycles. The first-order valence-electron chi connectivity index (χ1n) is 4.90. The van der Waals surface area contributed by atoms with E-state index in [-0.39, 0.29) is 5.41 Å². The Labute approximate surface area is 99.8 Å². The van der Waals surface area contributed by atoms with Crippen molar-refractivity contribution in [2.75, 3.05) is 5.88 Å². The van der Waals surface area contributed by atoms with Crippen LogP contribution in [0.25, 0.3) is 0 Å². The first-order valence-corrected chi connectivity index (χ1v) is 6.23. The van der Waals surface area contributed by atoms with Crippen molar-refractivity contribution in [3.63, 3.8) is 0 Å². The molecule has 0 saturated carbocycles. The summed E-state index contributed by atoms with van der Waals surface area (Å²) in [5.41, 5.74) is 1.58. The van der Waals surface area contributed by atoms with Gasteiger partial charge in [-0.3, -0.25) is 0 Å². The van der Waals surface area contributed by atoms with Gasteiger partial charge >= 0.3 is 0 Å². The average molecular weight is 276 g/mol. The van der Waals surface area contributed by atoms with Crippen molar-refractivity contribution in [2.24, 2.45) is 5.41 Å². The predicted molar refractivity (Wildman–Crippen MR) is 67.0 cm³/mol. The van der Waals surface area contributed by atoms with Gasteiger partial charge in [-0.05, 0) is 36.0 Å². The second-order valence-corrected chi connectivity index (χ2v) is 5.29. The molecular formula is C12H16BrCl. The molecule has 78 valence electrons. The summed E-state index contributed by atoms with van der Waals surface area (Å²) in [5, 5.41) is 0. The molecule has 14 heavy (non-hydrogen) atoms. The summed E-state index contributed by atoms with van der Waals surface area (Å²) in [6.45, 7) is 4.43. The van der Waals surface area contributed by atoms with Crippen molar-refractivity contribution in [1.82, 2.24) is 0 Å². The summed E-state index contributed by atoms with van der Waals surface area (Å²) in [7, 11) is 0. The number of rotatable bonds is 4. The highest BCUT2D eigenvalue weighted by atomic mass is 79.9. The van der Waals surface area contributed by atoms with Gasteiger partial charge < -0.3 is 0 Å². The van der Waals surface area contributed by atoms with E-state index in [1.807, 2.05) is 6.07 Å². The maximum absolute atomic E-state index is 5.99. The van der Waals surface area contributed by atoms with E-state index in [0.29, 0.717) is 0 Å². The lowest BCUT2D eigenvalue weighted by Crippen LogP contribution is -2.20. The van der Waals surface area contributed by atoms with Gasteiger partial charge in [0, 0.05) is 10.4 Å². The highest BCUT2D eigenvalue weighted by Gasteiger charge is 2.21. The Kier molecular flexibility index (Phi) is 4.46. The zero-order valence-electron chi connectivity index (χ0n) is 8.69. The zero-order valence-corrected chi connectivity index (χ0v) is 11.0. The smallest absolute Gasteiger partial charge is 0.0280 e. The van der Waals surface area contributed by atoms with Crippen LogP contribution in [-0.4, -0.2) is 5.88 Å². The molecule has 0 N–H and O–H groups in total. The van der Waals surface area contributed by atoms with Crippen LogP contribution in [0, 0.1) is 5.41 Å². The lowest BCUT2D eigenvalue weighted by molar-refractivity contribution is 0.355. The predicted octanol–water partition coefficient (Wildman–Crippen LogP) is 4.65. The highest BCUT2D eigenvalue weighted by molar-refractivity contribution is 9.10. The van der Waals surface area contributed by atoms with Crippen molar-refractivity contribution in [3.05, 3.63) is 34.3 Å². The molecule has 0 bridgehead atoms. The number of alkyl halides is 1. The molecule has 0 aliphatic rings. The van der Waals surface area contributed by atoms with Gasteiger partial charge in [0.1, 0.15) is 0 Å². The van der Waals surface area contributed by atoms with Crippen molar-refractivity contribution in [1.29, 1.82) is 0 Å². The third kappa shape index (κ3) is 3.29. The molecular weight excluding hydrogens is 259 g/mol. The molecule has 0 fully saturated rings. The molecule has 0 spiro atoms. The fraction of sp³-hybridized carbons (Fsp3) is 0.500. The molecule has 1 unspecified atom stereocenters. The molecule has 2 heteroatoms. The lowest BCUT2D eigenvalue weighted by Gasteiger charge is -2.25. The van der Waals surface area contributed by atoms with Gasteiger partial charge in [-0.2, -0.15) is 0 Å². The summed E-state index contributed by atoms with van der Waals surface area (Å²) in [6, 6.07) is 8.45. The van der Waals surface area contributed by atoms with Crippen LogP contribution in [0.15, 0.2) is 28.7 Å². The van der Waals surface area contributed by atoms with Crippen molar-refractivity contribution < 1.29 is 0 Å². The van der Waals surface area contributed by atoms with E-state index in [0.717, 1.165) is 23.2 Å². The SMILES string of the molecule is CCC(C)(CCl)Cc1cccc(Br)c1. The molecule has 0 nitrogen and oxygen atoms in total. The largest absolute Gasteiger partial charge is 0.126 e. The Hall–Kier alpha value is -0.0100. The van der Waals surface area contributed by atoms with Gasteiger partial charge in [0.25, 0.3) is 0 Å². The van der Waals surface area contributed by atoms with E-state index in [4.69, 9.17) is 11.6 Å². The van der Waals surface area contributed by atoms with E-state index in [1.165, 1.54) is 5.56 Å². The van der Waals surface area contributed by atoms with Crippen LogP contribution in [0.2, 0.25) is 0 Å². The van der Waals surface area contributed by atoms with Crippen LogP contribution in [0.5, 0.6) is 0 Å². The maximum atomic E-state index is 5.99. The van der Waals surface area contributed by atoms with Crippen molar-refractivity contribution in [3.8, 4) is 0 Å². The van der Waals surface area contributed by atoms with Crippen molar-refractivity contribution >= 4 is 27.5 Å². The molecule has 0 aromatic heterocycles. The highest BCUT2D eigenvalue weighted by Crippen LogP contribution is 2.28. The molecule has 1 aromatic carbocycles. The first kappa shape index (κ1) is 12.1. The first-order chi connectivity index (χ1) is 6.59. The Morgan fingerprint density at radius 1 is 1.43 bits per heavy atom. The van der Waals surface area contributed by atoms with E-state index in [2.05, 4.69) is 48.0 Å². The van der Waals surface area contributed by atoms with Gasteiger partial charge in [0.05, 0.1) is 0 Å². The minimum absolute atomic E-state index is 0.225. The van der Waals surface area contributed by atoms with Crippen LogP contribution >= 0.6 is 27.5 Å². The minimum atomic E-state index is 0.225. The quantitative estimate of drug-likeness (QED) is 0.702. The van der Waals surface area contributed by atoms with Gasteiger partial charge in [0.15, 0.2) is 0 Å². The second kappa shape index (κ2) is 5.18. The monoisotopic (exact) mass is 274 g/mol. The number of benzene rings is 1. The number of hydrogen-bond donors (Lipinski definition) is 0. The Morgan fingerprint density at radius 2 is 2.14 bits per heavy atom. The second-order valence-electron chi connectivity index (χ2n) is 4.10. The van der Waals surface area contributed by atoms with E-state index in [1.54, 1.807) is 0 Å². The number of hydrogen-bond acceptors (Lipinski definition) is 0. The summed E-state index contributed by atoms with van der Waals surface area (Å²) in [6.07, 6.45) is 2.16. The van der Waals surface area contributed by atoms with Gasteiger partial charge in [-0.1, -0.05) is 41.9 Å². The van der Waals surface area contributed by atoms with Crippen molar-refractivity contribution in [2.45, 2.75) is 26.7 Å². The molecule has 1 atom stereocenters. The molecule has 0 aliphatic carbocycles. The number of halogens is 2. The molecule has 0 radical (unpaired) electrons. The summed E-state index contributed by atoms with van der Waals surface area (Å²) in [4.78, 5) is 0. The van der Waals surface area contributed by atoms with E-state index in [9.17, 15) is 0 Å². The third-order valence-electron chi connectivity index (χ3n) is 2.70. The summed E-state index contributed by atoms with van der Waals surface area (Å²) < 4.78 is 1.14. The zero-order chi connectivity index (χ0) is 10.6. The van der Waals surface area contributed by atoms with E-state index >= 15 is 0 Å². The fourth-order valence-corrected chi connectivity index (χ4v) is 2.14. The van der Waals surface area contributed by atoms with Crippen LogP contribution in [0.1, 0.15) is 25.8 Å². The normalized spacial score (nSPS) is 15.1. The van der Waals surface area contributed by atoms with Crippen LogP contribution in [-0.2, 0) is 6.42 Å². The molecule has 0 aliphatic heterocycles. The Bertz CT molecular complexity index is 292. The van der Waals surface area contributed by atoms with Gasteiger partial charge in [-0.15, -0.1) is 11.6 Å². The third-order valence-corrected chi connectivity index (χ3v) is 3.83. The Balaban J connectivity index is 2.77. The van der Waals surface area contributed by atoms with Crippen LogP contribution in [0.4, 0.5) is 0 Å². The summed E-state index contributed by atoms with van der Waals surface area (Å²) in [5.74, 6) is 0.718. The fourth-order valence-electron chi connectivity index (χ4n) is 1.41. The molecule has 1 aromatic rings. The maximum Gasteiger partial charge on any atom is 0.0280 e. The molecule has 1 rings (SSSR count). The molecule has 0 heterocycles. The van der Waals surface area contributed by atoms with Gasteiger partial charge in [-0.25, -0.2) is 0 Å². The minimum Gasteiger partial charge on any atom is -0.126 e. The van der Waals surface area contributed by atoms with Gasteiger partial charge in [0.2, 0.25) is 0 Å². The topological polar surface area (TPSA) is 0 Å². The summed E-state index contributed by atoms with van der Waals surface area (Å²) >= 11 is 9.47. The van der Waals surface area contributed by atoms with Crippen LogP contribution in [0.3, 0.4) is 0 Å². The van der Waals surface area contributed by atoms with E-state index < -0.39 is 0 Å². The molecule has 0 amide bonds. The van der Waals surface area contributed by atoms with Crippen LogP contribution < -0.4 is 0 Å². The lowest BCUT2D eigenvalue weighted by atomic mass is 9.83.